The number of benzene rings is 2. The molecule has 0 amide bonds. The minimum atomic E-state index is -0.933. The lowest BCUT2D eigenvalue weighted by atomic mass is 10.00. The van der Waals surface area contributed by atoms with Gasteiger partial charge in [-0.1, -0.05) is 41.6 Å². The Kier molecular flexibility index (Phi) is 5.83. The molecule has 2 aromatic carbocycles. The highest BCUT2D eigenvalue weighted by Gasteiger charge is 2.21. The van der Waals surface area contributed by atoms with Gasteiger partial charge in [0.1, 0.15) is 5.65 Å². The van der Waals surface area contributed by atoms with Crippen LogP contribution in [0.1, 0.15) is 5.56 Å². The Labute approximate surface area is 207 Å². The number of nitrogens with zero attached hydrogens (tertiary/aromatic N) is 4. The molecule has 8 heteroatoms. The van der Waals surface area contributed by atoms with E-state index in [4.69, 9.17) is 4.52 Å². The smallest absolute Gasteiger partial charge is 0.176 e. The average molecular weight is 486 g/mol. The van der Waals surface area contributed by atoms with E-state index >= 15 is 0 Å². The molecule has 5 aromatic rings. The number of aromatic amines is 1. The van der Waals surface area contributed by atoms with E-state index < -0.39 is 11.6 Å². The number of H-pyrrole nitrogens is 1. The maximum Gasteiger partial charge on any atom is 0.176 e. The van der Waals surface area contributed by atoms with Crippen molar-refractivity contribution in [3.05, 3.63) is 84.3 Å². The van der Waals surface area contributed by atoms with Gasteiger partial charge in [-0.05, 0) is 30.3 Å². The number of halogens is 2. The van der Waals surface area contributed by atoms with E-state index in [-0.39, 0.29) is 5.56 Å². The summed E-state index contributed by atoms with van der Waals surface area (Å²) < 4.78 is 33.9. The van der Waals surface area contributed by atoms with Gasteiger partial charge in [-0.2, -0.15) is 0 Å². The summed E-state index contributed by atoms with van der Waals surface area (Å²) in [5, 5.41) is 4.68. The van der Waals surface area contributed by atoms with Crippen molar-refractivity contribution < 1.29 is 13.3 Å². The summed E-state index contributed by atoms with van der Waals surface area (Å²) >= 11 is 0. The Morgan fingerprint density at radius 3 is 2.53 bits per heavy atom. The number of fused-ring (bicyclic) bond motifs is 1. The number of hydrogen-bond donors (Lipinski definition) is 1. The van der Waals surface area contributed by atoms with Crippen LogP contribution >= 0.6 is 0 Å². The molecule has 0 radical (unpaired) electrons. The maximum atomic E-state index is 14.5. The van der Waals surface area contributed by atoms with Gasteiger partial charge in [0.15, 0.2) is 17.4 Å². The SMILES string of the molecule is CN1CCN(Cc2ccc(-c3cnc4[nH]cc(-c5oncc5-c5cccc(F)c5F)c4c3)cc2)CC1. The summed E-state index contributed by atoms with van der Waals surface area (Å²) in [5.41, 5.74) is 5.11. The van der Waals surface area contributed by atoms with Crippen molar-refractivity contribution in [2.45, 2.75) is 6.54 Å². The molecule has 1 fully saturated rings. The molecule has 0 atom stereocenters. The number of likely N-dealkylation sites (N-methyl/N-ethyl adjacent to an activating group) is 1. The van der Waals surface area contributed by atoms with Crippen LogP contribution < -0.4 is 0 Å². The molecule has 0 spiro atoms. The third-order valence-corrected chi connectivity index (χ3v) is 6.88. The Bertz CT molecular complexity index is 1520. The first-order valence-electron chi connectivity index (χ1n) is 11.9. The standard InChI is InChI=1S/C28H25F2N5O/c1-34-9-11-35(12-10-34)17-18-5-7-19(8-6-18)20-13-22-23(15-32-28(22)31-14-20)27-24(16-33-36-27)21-3-2-4-25(29)26(21)30/h2-8,13-16H,9-12,17H2,1H3,(H,31,32). The zero-order chi connectivity index (χ0) is 24.6. The Morgan fingerprint density at radius 1 is 0.917 bits per heavy atom. The van der Waals surface area contributed by atoms with Gasteiger partial charge in [0.2, 0.25) is 0 Å². The fourth-order valence-corrected chi connectivity index (χ4v) is 4.75. The summed E-state index contributed by atoms with van der Waals surface area (Å²) in [7, 11) is 2.16. The minimum Gasteiger partial charge on any atom is -0.356 e. The summed E-state index contributed by atoms with van der Waals surface area (Å²) in [5.74, 6) is -1.50. The van der Waals surface area contributed by atoms with Crippen LogP contribution in [0.2, 0.25) is 0 Å². The van der Waals surface area contributed by atoms with Crippen molar-refractivity contribution in [2.24, 2.45) is 0 Å². The van der Waals surface area contributed by atoms with E-state index in [0.29, 0.717) is 22.5 Å². The molecule has 1 aliphatic rings. The van der Waals surface area contributed by atoms with Crippen LogP contribution in [0, 0.1) is 11.6 Å². The second-order valence-electron chi connectivity index (χ2n) is 9.27. The largest absolute Gasteiger partial charge is 0.356 e. The van der Waals surface area contributed by atoms with E-state index in [1.165, 1.54) is 23.9 Å². The molecule has 6 nitrogen and oxygen atoms in total. The summed E-state index contributed by atoms with van der Waals surface area (Å²) in [6.07, 6.45) is 4.98. The number of aromatic nitrogens is 3. The third-order valence-electron chi connectivity index (χ3n) is 6.88. The van der Waals surface area contributed by atoms with Gasteiger partial charge in [-0.15, -0.1) is 0 Å². The van der Waals surface area contributed by atoms with Crippen LogP contribution in [0.4, 0.5) is 8.78 Å². The Morgan fingerprint density at radius 2 is 1.72 bits per heavy atom. The first-order chi connectivity index (χ1) is 17.6. The molecule has 1 saturated heterocycles. The van der Waals surface area contributed by atoms with E-state index in [1.807, 2.05) is 12.3 Å². The lowest BCUT2D eigenvalue weighted by Crippen LogP contribution is -2.43. The molecule has 0 aliphatic carbocycles. The van der Waals surface area contributed by atoms with Crippen LogP contribution in [-0.2, 0) is 6.54 Å². The van der Waals surface area contributed by atoms with Gasteiger partial charge >= 0.3 is 0 Å². The van der Waals surface area contributed by atoms with Crippen molar-refractivity contribution in [1.29, 1.82) is 0 Å². The van der Waals surface area contributed by atoms with Crippen molar-refractivity contribution in [3.63, 3.8) is 0 Å². The van der Waals surface area contributed by atoms with Gasteiger partial charge < -0.3 is 14.4 Å². The lowest BCUT2D eigenvalue weighted by Gasteiger charge is -2.32. The third kappa shape index (κ3) is 4.19. The quantitative estimate of drug-likeness (QED) is 0.352. The summed E-state index contributed by atoms with van der Waals surface area (Å²) in [6.45, 7) is 5.30. The molecular weight excluding hydrogens is 460 g/mol. The Hall–Kier alpha value is -3.88. The molecule has 6 rings (SSSR count). The van der Waals surface area contributed by atoms with E-state index in [1.54, 1.807) is 6.20 Å². The average Bonchev–Trinajstić information content (AvgIpc) is 3.54. The number of pyridine rings is 1. The second-order valence-corrected chi connectivity index (χ2v) is 9.27. The molecule has 36 heavy (non-hydrogen) atoms. The van der Waals surface area contributed by atoms with Gasteiger partial charge in [0.25, 0.3) is 0 Å². The second kappa shape index (κ2) is 9.29. The first-order valence-corrected chi connectivity index (χ1v) is 11.9. The molecule has 182 valence electrons. The van der Waals surface area contributed by atoms with Crippen LogP contribution in [0.15, 0.2) is 71.6 Å². The van der Waals surface area contributed by atoms with E-state index in [0.717, 1.165) is 55.3 Å². The van der Waals surface area contributed by atoms with Gasteiger partial charge in [-0.3, -0.25) is 4.90 Å². The molecular formula is C28H25F2N5O. The molecule has 1 aliphatic heterocycles. The van der Waals surface area contributed by atoms with Gasteiger partial charge in [0, 0.05) is 67.2 Å². The van der Waals surface area contributed by atoms with Crippen LogP contribution in [0.3, 0.4) is 0 Å². The zero-order valence-corrected chi connectivity index (χ0v) is 19.8. The molecule has 4 heterocycles. The minimum absolute atomic E-state index is 0.0978. The summed E-state index contributed by atoms with van der Waals surface area (Å²) in [6, 6.07) is 14.6. The molecule has 0 bridgehead atoms. The van der Waals surface area contributed by atoms with Crippen molar-refractivity contribution in [3.8, 4) is 33.6 Å². The van der Waals surface area contributed by atoms with Crippen molar-refractivity contribution in [2.75, 3.05) is 33.2 Å². The van der Waals surface area contributed by atoms with Crippen LogP contribution in [0.25, 0.3) is 44.6 Å². The molecule has 0 saturated carbocycles. The van der Waals surface area contributed by atoms with Crippen molar-refractivity contribution >= 4 is 11.0 Å². The molecule has 3 aromatic heterocycles. The number of piperazine rings is 1. The van der Waals surface area contributed by atoms with Gasteiger partial charge in [0.05, 0.1) is 11.8 Å². The predicted octanol–water partition coefficient (Wildman–Crippen LogP) is 5.58. The number of nitrogens with one attached hydrogen (secondary N) is 1. The van der Waals surface area contributed by atoms with Crippen molar-refractivity contribution in [1.82, 2.24) is 24.9 Å². The fourth-order valence-electron chi connectivity index (χ4n) is 4.75. The highest BCUT2D eigenvalue weighted by molar-refractivity contribution is 5.97. The highest BCUT2D eigenvalue weighted by atomic mass is 19.2. The number of rotatable bonds is 5. The monoisotopic (exact) mass is 485 g/mol. The van der Waals surface area contributed by atoms with E-state index in [9.17, 15) is 8.78 Å². The fraction of sp³-hybridized carbons (Fsp3) is 0.214. The highest BCUT2D eigenvalue weighted by Crippen LogP contribution is 2.38. The number of hydrogen-bond acceptors (Lipinski definition) is 5. The molecule has 1 N–H and O–H groups in total. The maximum absolute atomic E-state index is 14.5. The van der Waals surface area contributed by atoms with Crippen LogP contribution in [-0.4, -0.2) is 58.2 Å². The first kappa shape index (κ1) is 22.6. The molecule has 0 unspecified atom stereocenters. The normalized spacial score (nSPS) is 15.1. The van der Waals surface area contributed by atoms with Crippen LogP contribution in [0.5, 0.6) is 0 Å². The van der Waals surface area contributed by atoms with E-state index in [2.05, 4.69) is 56.2 Å². The lowest BCUT2D eigenvalue weighted by molar-refractivity contribution is 0.148. The predicted molar refractivity (Wildman–Crippen MR) is 135 cm³/mol. The summed E-state index contributed by atoms with van der Waals surface area (Å²) in [4.78, 5) is 12.6. The Balaban J connectivity index is 1.31. The topological polar surface area (TPSA) is 61.2 Å². The van der Waals surface area contributed by atoms with Gasteiger partial charge in [-0.25, -0.2) is 13.8 Å². The zero-order valence-electron chi connectivity index (χ0n) is 19.8.